The fraction of sp³-hybridized carbons (Fsp3) is 0.0625. The molecule has 0 aromatic heterocycles. The second-order valence-electron chi connectivity index (χ2n) is 4.12. The van der Waals surface area contributed by atoms with Gasteiger partial charge in [0.05, 0.1) is 0 Å². The molecule has 108 valence electrons. The largest absolute Gasteiger partial charge is 0.434 e. The zero-order valence-corrected chi connectivity index (χ0v) is 12.4. The fourth-order valence-corrected chi connectivity index (χ4v) is 1.96. The Labute approximate surface area is 129 Å². The highest BCUT2D eigenvalue weighted by Crippen LogP contribution is 2.22. The van der Waals surface area contributed by atoms with Gasteiger partial charge in [-0.1, -0.05) is 34.1 Å². The molecule has 0 fully saturated rings. The Balaban J connectivity index is 2.17. The minimum atomic E-state index is -2.90. The number of para-hydroxylation sites is 1. The van der Waals surface area contributed by atoms with Crippen LogP contribution < -0.4 is 4.74 Å². The van der Waals surface area contributed by atoms with E-state index in [1.807, 2.05) is 0 Å². The summed E-state index contributed by atoms with van der Waals surface area (Å²) in [5.74, 6) is -0.179. The van der Waals surface area contributed by atoms with Gasteiger partial charge in [-0.05, 0) is 42.5 Å². The molecule has 0 aliphatic carbocycles. The highest BCUT2D eigenvalue weighted by molar-refractivity contribution is 9.10. The van der Waals surface area contributed by atoms with E-state index in [1.165, 1.54) is 18.2 Å². The Morgan fingerprint density at radius 1 is 1.10 bits per heavy atom. The Kier molecular flexibility index (Phi) is 5.22. The summed E-state index contributed by atoms with van der Waals surface area (Å²) in [6.07, 6.45) is 2.79. The highest BCUT2D eigenvalue weighted by atomic mass is 79.9. The predicted molar refractivity (Wildman–Crippen MR) is 80.6 cm³/mol. The smallest absolute Gasteiger partial charge is 0.387 e. The van der Waals surface area contributed by atoms with Crippen LogP contribution in [-0.2, 0) is 0 Å². The lowest BCUT2D eigenvalue weighted by molar-refractivity contribution is -0.0499. The summed E-state index contributed by atoms with van der Waals surface area (Å²) >= 11 is 3.29. The molecule has 0 heterocycles. The number of carbonyl (C=O) groups excluding carboxylic acids is 1. The topological polar surface area (TPSA) is 26.3 Å². The van der Waals surface area contributed by atoms with Crippen molar-refractivity contribution in [3.8, 4) is 5.75 Å². The van der Waals surface area contributed by atoms with Crippen LogP contribution in [-0.4, -0.2) is 12.4 Å². The standard InChI is InChI=1S/C16H11BrF2O2/c17-13-8-5-11(6-9-13)14(20)10-7-12-3-1-2-4-15(12)21-16(18)19/h1-10,16H/b10-7+. The van der Waals surface area contributed by atoms with Gasteiger partial charge in [0.2, 0.25) is 0 Å². The molecule has 0 bridgehead atoms. The van der Waals surface area contributed by atoms with E-state index in [4.69, 9.17) is 0 Å². The molecule has 0 unspecified atom stereocenters. The van der Waals surface area contributed by atoms with Crippen molar-refractivity contribution in [1.82, 2.24) is 0 Å². The molecule has 2 nitrogen and oxygen atoms in total. The summed E-state index contributed by atoms with van der Waals surface area (Å²) in [5, 5.41) is 0. The summed E-state index contributed by atoms with van der Waals surface area (Å²) in [6, 6.07) is 13.2. The van der Waals surface area contributed by atoms with Crippen molar-refractivity contribution in [3.05, 3.63) is 70.2 Å². The van der Waals surface area contributed by atoms with E-state index < -0.39 is 6.61 Å². The molecule has 0 aliphatic heterocycles. The van der Waals surface area contributed by atoms with Gasteiger partial charge in [-0.25, -0.2) is 0 Å². The molecule has 21 heavy (non-hydrogen) atoms. The number of hydrogen-bond donors (Lipinski definition) is 0. The van der Waals surface area contributed by atoms with Crippen molar-refractivity contribution in [2.24, 2.45) is 0 Å². The monoisotopic (exact) mass is 352 g/mol. The lowest BCUT2D eigenvalue weighted by Crippen LogP contribution is -2.03. The van der Waals surface area contributed by atoms with E-state index in [9.17, 15) is 13.6 Å². The highest BCUT2D eigenvalue weighted by Gasteiger charge is 2.07. The van der Waals surface area contributed by atoms with Gasteiger partial charge in [0.25, 0.3) is 0 Å². The summed E-state index contributed by atoms with van der Waals surface area (Å²) in [4.78, 5) is 12.0. The number of hydrogen-bond acceptors (Lipinski definition) is 2. The Morgan fingerprint density at radius 3 is 2.43 bits per heavy atom. The van der Waals surface area contributed by atoms with Crippen molar-refractivity contribution in [2.75, 3.05) is 0 Å². The molecule has 5 heteroatoms. The maximum atomic E-state index is 12.3. The molecule has 2 rings (SSSR count). The van der Waals surface area contributed by atoms with E-state index in [-0.39, 0.29) is 11.5 Å². The number of rotatable bonds is 5. The van der Waals surface area contributed by atoms with Crippen LogP contribution in [0.15, 0.2) is 59.1 Å². The maximum Gasteiger partial charge on any atom is 0.387 e. The van der Waals surface area contributed by atoms with Gasteiger partial charge in [-0.15, -0.1) is 0 Å². The normalized spacial score (nSPS) is 11.0. The molecule has 0 saturated carbocycles. The van der Waals surface area contributed by atoms with Crippen LogP contribution in [0.3, 0.4) is 0 Å². The molecule has 0 saturated heterocycles. The zero-order valence-electron chi connectivity index (χ0n) is 10.8. The first-order valence-corrected chi connectivity index (χ1v) is 6.87. The van der Waals surface area contributed by atoms with E-state index in [1.54, 1.807) is 42.5 Å². The fourth-order valence-electron chi connectivity index (χ4n) is 1.70. The molecule has 0 amide bonds. The molecular weight excluding hydrogens is 342 g/mol. The van der Waals surface area contributed by atoms with Gasteiger partial charge in [-0.3, -0.25) is 4.79 Å². The molecule has 0 spiro atoms. The third kappa shape index (κ3) is 4.49. The Morgan fingerprint density at radius 2 is 1.76 bits per heavy atom. The van der Waals surface area contributed by atoms with Gasteiger partial charge < -0.3 is 4.74 Å². The predicted octanol–water partition coefficient (Wildman–Crippen LogP) is 4.95. The van der Waals surface area contributed by atoms with Crippen molar-refractivity contribution in [1.29, 1.82) is 0 Å². The molecule has 0 atom stereocenters. The second-order valence-corrected chi connectivity index (χ2v) is 5.04. The van der Waals surface area contributed by atoms with E-state index in [0.717, 1.165) is 4.47 Å². The molecule has 0 radical (unpaired) electrons. The molecule has 2 aromatic rings. The number of allylic oxidation sites excluding steroid dienone is 1. The zero-order chi connectivity index (χ0) is 15.2. The number of carbonyl (C=O) groups is 1. The van der Waals surface area contributed by atoms with Crippen molar-refractivity contribution >= 4 is 27.8 Å². The summed E-state index contributed by atoms with van der Waals surface area (Å²) in [6.45, 7) is -2.90. The SMILES string of the molecule is O=C(/C=C/c1ccccc1OC(F)F)c1ccc(Br)cc1. The van der Waals surface area contributed by atoms with Gasteiger partial charge in [-0.2, -0.15) is 8.78 Å². The lowest BCUT2D eigenvalue weighted by atomic mass is 10.1. The van der Waals surface area contributed by atoms with Crippen LogP contribution in [0, 0.1) is 0 Å². The number of alkyl halides is 2. The molecule has 2 aromatic carbocycles. The number of ketones is 1. The van der Waals surface area contributed by atoms with Crippen LogP contribution in [0.2, 0.25) is 0 Å². The second kappa shape index (κ2) is 7.13. The first-order chi connectivity index (χ1) is 10.1. The van der Waals surface area contributed by atoms with Gasteiger partial charge in [0.1, 0.15) is 5.75 Å². The van der Waals surface area contributed by atoms with Crippen molar-refractivity contribution in [3.63, 3.8) is 0 Å². The van der Waals surface area contributed by atoms with Crippen LogP contribution >= 0.6 is 15.9 Å². The van der Waals surface area contributed by atoms with E-state index in [2.05, 4.69) is 20.7 Å². The van der Waals surface area contributed by atoms with Gasteiger partial charge in [0, 0.05) is 15.6 Å². The average Bonchev–Trinajstić information content (AvgIpc) is 2.46. The summed E-state index contributed by atoms with van der Waals surface area (Å²) < 4.78 is 29.8. The van der Waals surface area contributed by atoms with E-state index >= 15 is 0 Å². The van der Waals surface area contributed by atoms with Crippen LogP contribution in [0.5, 0.6) is 5.75 Å². The van der Waals surface area contributed by atoms with E-state index in [0.29, 0.717) is 11.1 Å². The van der Waals surface area contributed by atoms with Crippen LogP contribution in [0.25, 0.3) is 6.08 Å². The van der Waals surface area contributed by atoms with Crippen LogP contribution in [0.4, 0.5) is 8.78 Å². The summed E-state index contributed by atoms with van der Waals surface area (Å²) in [5.41, 5.74) is 0.935. The third-order valence-electron chi connectivity index (χ3n) is 2.68. The minimum absolute atomic E-state index is 0.0346. The average molecular weight is 353 g/mol. The quantitative estimate of drug-likeness (QED) is 0.562. The van der Waals surface area contributed by atoms with Gasteiger partial charge >= 0.3 is 6.61 Å². The van der Waals surface area contributed by atoms with Crippen molar-refractivity contribution < 1.29 is 18.3 Å². The maximum absolute atomic E-state index is 12.3. The van der Waals surface area contributed by atoms with Crippen LogP contribution in [0.1, 0.15) is 15.9 Å². The molecule has 0 N–H and O–H groups in total. The lowest BCUT2D eigenvalue weighted by Gasteiger charge is -2.07. The minimum Gasteiger partial charge on any atom is -0.434 e. The number of ether oxygens (including phenoxy) is 1. The first-order valence-electron chi connectivity index (χ1n) is 6.08. The van der Waals surface area contributed by atoms with Gasteiger partial charge in [0.15, 0.2) is 5.78 Å². The molecule has 0 aliphatic rings. The first kappa shape index (κ1) is 15.4. The van der Waals surface area contributed by atoms with Crippen molar-refractivity contribution in [2.45, 2.75) is 6.61 Å². The Bertz CT molecular complexity index is 652. The number of benzene rings is 2. The summed E-state index contributed by atoms with van der Waals surface area (Å²) in [7, 11) is 0. The molecular formula is C16H11BrF2O2. The number of halogens is 3. The Hall–Kier alpha value is -2.01. The third-order valence-corrected chi connectivity index (χ3v) is 3.21.